The van der Waals surface area contributed by atoms with Gasteiger partial charge in [0.2, 0.25) is 5.91 Å². The lowest BCUT2D eigenvalue weighted by atomic mass is 10.3. The first kappa shape index (κ1) is 22.1. The number of aromatic nitrogens is 1. The third-order valence-corrected chi connectivity index (χ3v) is 6.74. The van der Waals surface area contributed by atoms with Gasteiger partial charge in [0.05, 0.1) is 21.4 Å². The number of fused-ring (bicyclic) bond motifs is 1. The van der Waals surface area contributed by atoms with Crippen molar-refractivity contribution in [3.63, 3.8) is 0 Å². The van der Waals surface area contributed by atoms with Gasteiger partial charge in [-0.25, -0.2) is 17.8 Å². The largest absolute Gasteiger partial charge is 0.431 e. The molecule has 11 heteroatoms. The number of anilines is 2. The molecule has 0 saturated heterocycles. The molecule has 0 bridgehead atoms. The number of carbonyl (C=O) groups is 1. The number of amides is 1. The number of carbonyl (C=O) groups excluding carboxylic acids is 1. The van der Waals surface area contributed by atoms with Crippen molar-refractivity contribution in [2.45, 2.75) is 10.1 Å². The predicted molar refractivity (Wildman–Crippen MR) is 122 cm³/mol. The lowest BCUT2D eigenvalue weighted by Crippen LogP contribution is -2.13. The molecule has 0 aliphatic rings. The number of sulfonamides is 1. The highest BCUT2D eigenvalue weighted by atomic mass is 35.5. The number of nitrogens with one attached hydrogen (secondary N) is 2. The highest BCUT2D eigenvalue weighted by molar-refractivity contribution is 7.99. The van der Waals surface area contributed by atoms with Crippen molar-refractivity contribution in [3.8, 4) is 0 Å². The molecule has 32 heavy (non-hydrogen) atoms. The molecule has 4 rings (SSSR count). The Morgan fingerprint density at radius 1 is 1.09 bits per heavy atom. The second-order valence-electron chi connectivity index (χ2n) is 6.54. The third kappa shape index (κ3) is 5.21. The van der Waals surface area contributed by atoms with Crippen LogP contribution in [0.2, 0.25) is 5.02 Å². The van der Waals surface area contributed by atoms with Gasteiger partial charge in [-0.3, -0.25) is 9.52 Å². The summed E-state index contributed by atoms with van der Waals surface area (Å²) in [5.74, 6) is -0.716. The molecule has 7 nitrogen and oxygen atoms in total. The van der Waals surface area contributed by atoms with Crippen molar-refractivity contribution in [3.05, 3.63) is 77.6 Å². The van der Waals surface area contributed by atoms with Gasteiger partial charge in [-0.1, -0.05) is 35.5 Å². The molecule has 0 fully saturated rings. The van der Waals surface area contributed by atoms with Gasteiger partial charge in [0.15, 0.2) is 5.58 Å². The van der Waals surface area contributed by atoms with E-state index < -0.39 is 15.8 Å². The standard InChI is InChI=1S/C21H15ClFN3O4S2/c22-16-3-1-2-4-17(16)26-32(28,29)15-9-10-19-18(11-15)25-21(30-19)31-12-20(27)24-14-7-5-13(23)6-8-14/h1-11,26H,12H2,(H,24,27). The number of nitrogens with zero attached hydrogens (tertiary/aromatic N) is 1. The second-order valence-corrected chi connectivity index (χ2v) is 9.55. The van der Waals surface area contributed by atoms with Crippen molar-refractivity contribution in [2.75, 3.05) is 15.8 Å². The van der Waals surface area contributed by atoms with E-state index in [1.807, 2.05) is 0 Å². The lowest BCUT2D eigenvalue weighted by Gasteiger charge is -2.09. The van der Waals surface area contributed by atoms with Crippen LogP contribution >= 0.6 is 23.4 Å². The Morgan fingerprint density at radius 3 is 2.59 bits per heavy atom. The van der Waals surface area contributed by atoms with Gasteiger partial charge in [-0.15, -0.1) is 0 Å². The van der Waals surface area contributed by atoms with E-state index >= 15 is 0 Å². The number of oxazole rings is 1. The molecule has 164 valence electrons. The van der Waals surface area contributed by atoms with Crippen LogP contribution < -0.4 is 10.0 Å². The summed E-state index contributed by atoms with van der Waals surface area (Å²) in [7, 11) is -3.90. The fourth-order valence-corrected chi connectivity index (χ4v) is 4.70. The van der Waals surface area contributed by atoms with Gasteiger partial charge in [-0.05, 0) is 54.6 Å². The van der Waals surface area contributed by atoms with E-state index in [0.29, 0.717) is 16.8 Å². The number of thioether (sulfide) groups is 1. The summed E-state index contributed by atoms with van der Waals surface area (Å²) < 4.78 is 46.4. The molecule has 1 amide bonds. The maximum absolute atomic E-state index is 12.9. The molecule has 0 spiro atoms. The van der Waals surface area contributed by atoms with E-state index in [-0.39, 0.29) is 32.5 Å². The summed E-state index contributed by atoms with van der Waals surface area (Å²) >= 11 is 7.08. The summed E-state index contributed by atoms with van der Waals surface area (Å²) in [4.78, 5) is 16.3. The molecule has 3 aromatic carbocycles. The number of hydrogen-bond donors (Lipinski definition) is 2. The molecule has 1 heterocycles. The number of halogens is 2. The third-order valence-electron chi connectivity index (χ3n) is 4.22. The minimum atomic E-state index is -3.90. The fourth-order valence-electron chi connectivity index (χ4n) is 2.72. The summed E-state index contributed by atoms with van der Waals surface area (Å²) in [5, 5.41) is 3.12. The summed E-state index contributed by atoms with van der Waals surface area (Å²) in [6, 6.07) is 16.2. The van der Waals surface area contributed by atoms with Crippen LogP contribution in [-0.2, 0) is 14.8 Å². The molecule has 4 aromatic rings. The van der Waals surface area contributed by atoms with Crippen molar-refractivity contribution in [1.82, 2.24) is 4.98 Å². The first-order chi connectivity index (χ1) is 15.3. The number of para-hydroxylation sites is 1. The number of benzene rings is 3. The molecule has 0 unspecified atom stereocenters. The Balaban J connectivity index is 1.45. The average Bonchev–Trinajstić information content (AvgIpc) is 3.18. The predicted octanol–water partition coefficient (Wildman–Crippen LogP) is 5.15. The zero-order valence-electron chi connectivity index (χ0n) is 16.2. The summed E-state index contributed by atoms with van der Waals surface area (Å²) in [5.41, 5.74) is 1.44. The van der Waals surface area contributed by atoms with Gasteiger partial charge in [0.25, 0.3) is 15.2 Å². The number of hydrogen-bond acceptors (Lipinski definition) is 6. The minimum Gasteiger partial charge on any atom is -0.431 e. The Hall–Kier alpha value is -3.08. The molecule has 0 saturated carbocycles. The highest BCUT2D eigenvalue weighted by Gasteiger charge is 2.18. The molecule has 1 aromatic heterocycles. The zero-order valence-corrected chi connectivity index (χ0v) is 18.6. The van der Waals surface area contributed by atoms with Crippen molar-refractivity contribution >= 4 is 61.8 Å². The van der Waals surface area contributed by atoms with Crippen molar-refractivity contribution < 1.29 is 22.0 Å². The van der Waals surface area contributed by atoms with Crippen LogP contribution in [-0.4, -0.2) is 25.1 Å². The van der Waals surface area contributed by atoms with Crippen molar-refractivity contribution in [1.29, 1.82) is 0 Å². The molecule has 0 atom stereocenters. The molecule has 0 aliphatic heterocycles. The van der Waals surface area contributed by atoms with Crippen LogP contribution in [0, 0.1) is 5.82 Å². The smallest absolute Gasteiger partial charge is 0.262 e. The molecular weight excluding hydrogens is 477 g/mol. The van der Waals surface area contributed by atoms with Gasteiger partial charge >= 0.3 is 0 Å². The Labute approximate surface area is 192 Å². The normalized spacial score (nSPS) is 11.4. The van der Waals surface area contributed by atoms with Gasteiger partial charge in [0, 0.05) is 5.69 Å². The SMILES string of the molecule is O=C(CSc1nc2cc(S(=O)(=O)Nc3ccccc3Cl)ccc2o1)Nc1ccc(F)cc1. The topological polar surface area (TPSA) is 101 Å². The van der Waals surface area contributed by atoms with Crippen LogP contribution in [0.4, 0.5) is 15.8 Å². The van der Waals surface area contributed by atoms with E-state index in [9.17, 15) is 17.6 Å². The van der Waals surface area contributed by atoms with Crippen LogP contribution in [0.5, 0.6) is 0 Å². The van der Waals surface area contributed by atoms with Crippen molar-refractivity contribution in [2.24, 2.45) is 0 Å². The quantitative estimate of drug-likeness (QED) is 0.347. The Bertz CT molecular complexity index is 1390. The van der Waals surface area contributed by atoms with E-state index in [0.717, 1.165) is 11.8 Å². The molecule has 2 N–H and O–H groups in total. The van der Waals surface area contributed by atoms with Gasteiger partial charge in [0.1, 0.15) is 11.3 Å². The molecule has 0 radical (unpaired) electrons. The van der Waals surface area contributed by atoms with E-state index in [1.54, 1.807) is 24.3 Å². The maximum Gasteiger partial charge on any atom is 0.262 e. The van der Waals surface area contributed by atoms with Gasteiger partial charge < -0.3 is 9.73 Å². The Kier molecular flexibility index (Phi) is 6.35. The minimum absolute atomic E-state index is 0.00339. The summed E-state index contributed by atoms with van der Waals surface area (Å²) in [6.07, 6.45) is 0. The lowest BCUT2D eigenvalue weighted by molar-refractivity contribution is -0.113. The fraction of sp³-hybridized carbons (Fsp3) is 0.0476. The first-order valence-corrected chi connectivity index (χ1v) is 12.0. The highest BCUT2D eigenvalue weighted by Crippen LogP contribution is 2.28. The molecule has 0 aliphatic carbocycles. The summed E-state index contributed by atoms with van der Waals surface area (Å²) in [6.45, 7) is 0. The van der Waals surface area contributed by atoms with Crippen LogP contribution in [0.3, 0.4) is 0 Å². The maximum atomic E-state index is 12.9. The van der Waals surface area contributed by atoms with Gasteiger partial charge in [-0.2, -0.15) is 0 Å². The average molecular weight is 492 g/mol. The Morgan fingerprint density at radius 2 is 1.84 bits per heavy atom. The number of rotatable bonds is 7. The van der Waals surface area contributed by atoms with E-state index in [1.165, 1.54) is 42.5 Å². The zero-order chi connectivity index (χ0) is 22.7. The monoisotopic (exact) mass is 491 g/mol. The van der Waals surface area contributed by atoms with E-state index in [4.69, 9.17) is 16.0 Å². The van der Waals surface area contributed by atoms with Crippen LogP contribution in [0.15, 0.2) is 81.3 Å². The van der Waals surface area contributed by atoms with Crippen LogP contribution in [0.25, 0.3) is 11.1 Å². The first-order valence-electron chi connectivity index (χ1n) is 9.16. The van der Waals surface area contributed by atoms with E-state index in [2.05, 4.69) is 15.0 Å². The van der Waals surface area contributed by atoms with Crippen LogP contribution in [0.1, 0.15) is 0 Å². The second kappa shape index (κ2) is 9.19. The molecular formula is C21H15ClFN3O4S2.